The monoisotopic (exact) mass is 554 g/mol. The molecule has 0 aliphatic rings. The molecule has 0 saturated heterocycles. The van der Waals surface area contributed by atoms with Crippen LogP contribution in [0, 0.1) is 17.0 Å². The summed E-state index contributed by atoms with van der Waals surface area (Å²) in [5.41, 5.74) is 3.00. The molecule has 10 nitrogen and oxygen atoms in total. The van der Waals surface area contributed by atoms with Gasteiger partial charge < -0.3 is 15.0 Å². The number of nitro groups is 1. The third-order valence-corrected chi connectivity index (χ3v) is 6.10. The van der Waals surface area contributed by atoms with Gasteiger partial charge in [0.2, 0.25) is 11.6 Å². The largest absolute Gasteiger partial charge is 0.443 e. The molecule has 1 heterocycles. The molecule has 0 aliphatic heterocycles. The Morgan fingerprint density at radius 3 is 2.07 bits per heavy atom. The SMILES string of the molecule is Cc1cc(Nc2ncnc(N(Cc3ccccc3)Cc3ccccc3)c2[N+](=O)[O-])cc(N(C)C(=O)OC(C)(C)C)c1. The Morgan fingerprint density at radius 2 is 1.54 bits per heavy atom. The van der Waals surface area contributed by atoms with Gasteiger partial charge in [-0.3, -0.25) is 15.0 Å². The van der Waals surface area contributed by atoms with Gasteiger partial charge in [-0.25, -0.2) is 14.8 Å². The Labute approximate surface area is 239 Å². The summed E-state index contributed by atoms with van der Waals surface area (Å²) in [6.45, 7) is 8.08. The highest BCUT2D eigenvalue weighted by molar-refractivity contribution is 5.88. The Kier molecular flexibility index (Phi) is 8.81. The second-order valence-electron chi connectivity index (χ2n) is 10.7. The number of carbonyl (C=O) groups excluding carboxylic acids is 1. The fraction of sp³-hybridized carbons (Fsp3) is 0.258. The van der Waals surface area contributed by atoms with Gasteiger partial charge in [0.25, 0.3) is 0 Å². The Morgan fingerprint density at radius 1 is 0.951 bits per heavy atom. The van der Waals surface area contributed by atoms with Gasteiger partial charge in [-0.15, -0.1) is 0 Å². The van der Waals surface area contributed by atoms with Gasteiger partial charge in [0, 0.05) is 31.5 Å². The van der Waals surface area contributed by atoms with E-state index in [2.05, 4.69) is 15.3 Å². The summed E-state index contributed by atoms with van der Waals surface area (Å²) in [6, 6.07) is 24.8. The lowest BCUT2D eigenvalue weighted by Gasteiger charge is -2.25. The van der Waals surface area contributed by atoms with Crippen LogP contribution in [0.25, 0.3) is 0 Å². The number of amides is 1. The summed E-state index contributed by atoms with van der Waals surface area (Å²) in [5.74, 6) is 0.238. The van der Waals surface area contributed by atoms with Crippen LogP contribution in [0.4, 0.5) is 33.5 Å². The van der Waals surface area contributed by atoms with Crippen molar-refractivity contribution in [3.8, 4) is 0 Å². The van der Waals surface area contributed by atoms with Gasteiger partial charge in [0.05, 0.1) is 4.92 Å². The molecule has 1 aromatic heterocycles. The summed E-state index contributed by atoms with van der Waals surface area (Å²) < 4.78 is 5.49. The summed E-state index contributed by atoms with van der Waals surface area (Å²) in [7, 11) is 1.61. The molecule has 4 rings (SSSR count). The highest BCUT2D eigenvalue weighted by Crippen LogP contribution is 2.36. The van der Waals surface area contributed by atoms with Gasteiger partial charge in [-0.05, 0) is 62.6 Å². The van der Waals surface area contributed by atoms with Crippen LogP contribution in [0.2, 0.25) is 0 Å². The van der Waals surface area contributed by atoms with Crippen molar-refractivity contribution in [2.45, 2.75) is 46.4 Å². The van der Waals surface area contributed by atoms with Gasteiger partial charge in [0.1, 0.15) is 11.9 Å². The number of benzene rings is 3. The number of nitrogens with one attached hydrogen (secondary N) is 1. The molecule has 10 heteroatoms. The Hall–Kier alpha value is -4.99. The van der Waals surface area contributed by atoms with Gasteiger partial charge >= 0.3 is 11.8 Å². The molecule has 0 fully saturated rings. The van der Waals surface area contributed by atoms with E-state index in [1.54, 1.807) is 33.9 Å². The lowest BCUT2D eigenvalue weighted by Crippen LogP contribution is -2.34. The molecule has 1 N–H and O–H groups in total. The number of rotatable bonds is 9. The first-order valence-electron chi connectivity index (χ1n) is 13.2. The fourth-order valence-corrected chi connectivity index (χ4v) is 4.27. The molecule has 4 aromatic rings. The van der Waals surface area contributed by atoms with Crippen molar-refractivity contribution in [2.24, 2.45) is 0 Å². The minimum absolute atomic E-state index is 0.0441. The number of carbonyl (C=O) groups is 1. The van der Waals surface area contributed by atoms with Crippen LogP contribution < -0.4 is 15.1 Å². The third-order valence-electron chi connectivity index (χ3n) is 6.10. The zero-order valence-electron chi connectivity index (χ0n) is 23.9. The quantitative estimate of drug-likeness (QED) is 0.173. The maximum absolute atomic E-state index is 12.7. The van der Waals surface area contributed by atoms with Crippen LogP contribution in [-0.4, -0.2) is 33.6 Å². The number of anilines is 4. The molecular formula is C31H34N6O4. The molecule has 1 amide bonds. The Balaban J connectivity index is 1.71. The number of hydrogen-bond acceptors (Lipinski definition) is 8. The van der Waals surface area contributed by atoms with Crippen molar-refractivity contribution in [1.29, 1.82) is 0 Å². The van der Waals surface area contributed by atoms with Crippen LogP contribution in [0.5, 0.6) is 0 Å². The summed E-state index contributed by atoms with van der Waals surface area (Å²) in [4.78, 5) is 36.6. The van der Waals surface area contributed by atoms with E-state index in [9.17, 15) is 14.9 Å². The maximum atomic E-state index is 12.7. The summed E-state index contributed by atoms with van der Waals surface area (Å²) >= 11 is 0. The highest BCUT2D eigenvalue weighted by Gasteiger charge is 2.28. The minimum Gasteiger partial charge on any atom is -0.443 e. The second-order valence-corrected chi connectivity index (χ2v) is 10.7. The van der Waals surface area contributed by atoms with E-state index < -0.39 is 16.6 Å². The molecule has 41 heavy (non-hydrogen) atoms. The summed E-state index contributed by atoms with van der Waals surface area (Å²) in [6.07, 6.45) is 0.804. The highest BCUT2D eigenvalue weighted by atomic mass is 16.6. The van der Waals surface area contributed by atoms with E-state index in [4.69, 9.17) is 4.74 Å². The van der Waals surface area contributed by atoms with E-state index in [0.717, 1.165) is 16.7 Å². The topological polar surface area (TPSA) is 114 Å². The first-order valence-corrected chi connectivity index (χ1v) is 13.2. The van der Waals surface area contributed by atoms with Crippen LogP contribution in [-0.2, 0) is 17.8 Å². The van der Waals surface area contributed by atoms with Crippen LogP contribution in [0.3, 0.4) is 0 Å². The van der Waals surface area contributed by atoms with Crippen molar-refractivity contribution >= 4 is 34.8 Å². The van der Waals surface area contributed by atoms with Gasteiger partial charge in [-0.2, -0.15) is 0 Å². The zero-order chi connectivity index (χ0) is 29.6. The molecule has 212 valence electrons. The lowest BCUT2D eigenvalue weighted by atomic mass is 10.1. The first kappa shape index (κ1) is 29.0. The van der Waals surface area contributed by atoms with Crippen LogP contribution >= 0.6 is 0 Å². The van der Waals surface area contributed by atoms with Gasteiger partial charge in [-0.1, -0.05) is 60.7 Å². The molecule has 0 spiro atoms. The number of hydrogen-bond donors (Lipinski definition) is 1. The Bertz CT molecular complexity index is 1470. The average molecular weight is 555 g/mol. The number of nitrogens with zero attached hydrogens (tertiary/aromatic N) is 5. The van der Waals surface area contributed by atoms with Crippen LogP contribution in [0.15, 0.2) is 85.2 Å². The van der Waals surface area contributed by atoms with E-state index >= 15 is 0 Å². The fourth-order valence-electron chi connectivity index (χ4n) is 4.27. The van der Waals surface area contributed by atoms with Crippen molar-refractivity contribution in [3.05, 3.63) is 112 Å². The molecule has 0 aliphatic carbocycles. The molecule has 0 saturated carbocycles. The van der Waals surface area contributed by atoms with E-state index in [-0.39, 0.29) is 17.3 Å². The molecule has 0 radical (unpaired) electrons. The number of aryl methyl sites for hydroxylation is 1. The maximum Gasteiger partial charge on any atom is 0.414 e. The second kappa shape index (κ2) is 12.5. The normalized spacial score (nSPS) is 11.0. The molecule has 0 unspecified atom stereocenters. The van der Waals surface area contributed by atoms with Crippen molar-refractivity contribution in [1.82, 2.24) is 9.97 Å². The predicted octanol–water partition coefficient (Wildman–Crippen LogP) is 7.01. The smallest absolute Gasteiger partial charge is 0.414 e. The van der Waals surface area contributed by atoms with E-state index in [1.807, 2.05) is 84.6 Å². The van der Waals surface area contributed by atoms with E-state index in [0.29, 0.717) is 24.5 Å². The van der Waals surface area contributed by atoms with Gasteiger partial charge in [0.15, 0.2) is 0 Å². The third kappa shape index (κ3) is 7.78. The van der Waals surface area contributed by atoms with E-state index in [1.165, 1.54) is 11.2 Å². The molecular weight excluding hydrogens is 520 g/mol. The summed E-state index contributed by atoms with van der Waals surface area (Å²) in [5, 5.41) is 15.6. The first-order chi connectivity index (χ1) is 19.5. The molecule has 0 atom stereocenters. The zero-order valence-corrected chi connectivity index (χ0v) is 23.9. The molecule has 3 aromatic carbocycles. The minimum atomic E-state index is -0.653. The van der Waals surface area contributed by atoms with Crippen molar-refractivity contribution < 1.29 is 14.5 Å². The van der Waals surface area contributed by atoms with Crippen molar-refractivity contribution in [3.63, 3.8) is 0 Å². The average Bonchev–Trinajstić information content (AvgIpc) is 2.92. The van der Waals surface area contributed by atoms with Crippen molar-refractivity contribution in [2.75, 3.05) is 22.2 Å². The standard InChI is InChI=1S/C31H34N6O4/c1-22-16-25(18-26(17-22)35(5)30(38)41-31(2,3)4)34-28-27(37(39)40)29(33-21-32-28)36(19-23-12-8-6-9-13-23)20-24-14-10-7-11-15-24/h6-18,21H,19-20H2,1-5H3,(H,32,33,34). The number of ether oxygens (including phenoxy) is 1. The number of aromatic nitrogens is 2. The lowest BCUT2D eigenvalue weighted by molar-refractivity contribution is -0.383. The predicted molar refractivity (Wildman–Crippen MR) is 161 cm³/mol. The van der Waals surface area contributed by atoms with Crippen LogP contribution in [0.1, 0.15) is 37.5 Å². The molecule has 0 bridgehead atoms.